The minimum Gasteiger partial charge on any atom is -0.465 e. The molecule has 3 atom stereocenters. The van der Waals surface area contributed by atoms with Gasteiger partial charge in [-0.3, -0.25) is 0 Å². The molecule has 0 aromatic heterocycles. The van der Waals surface area contributed by atoms with E-state index in [4.69, 9.17) is 9.47 Å². The summed E-state index contributed by atoms with van der Waals surface area (Å²) in [5.74, 6) is 5.43. The smallest absolute Gasteiger partial charge is 0.197 e. The van der Waals surface area contributed by atoms with Crippen LogP contribution in [0, 0.1) is 5.92 Å². The van der Waals surface area contributed by atoms with Crippen molar-refractivity contribution in [1.82, 2.24) is 0 Å². The number of rotatable bonds is 1. The monoisotopic (exact) mass is 212 g/mol. The molecule has 0 aromatic rings. The van der Waals surface area contributed by atoms with Crippen LogP contribution in [0.25, 0.3) is 0 Å². The fraction of sp³-hybridized carbons (Fsp3) is 0.545. The Labute approximate surface area is 88.6 Å². The first kappa shape index (κ1) is 9.99. The molecule has 0 saturated heterocycles. The van der Waals surface area contributed by atoms with E-state index in [0.717, 1.165) is 5.76 Å². The van der Waals surface area contributed by atoms with Crippen LogP contribution in [-0.4, -0.2) is 24.0 Å². The van der Waals surface area contributed by atoms with Gasteiger partial charge in [-0.05, 0) is 18.9 Å². The Bertz CT molecular complexity index is 306. The van der Waals surface area contributed by atoms with Crippen molar-refractivity contribution < 1.29 is 9.47 Å². The molecule has 1 aliphatic carbocycles. The van der Waals surface area contributed by atoms with E-state index in [1.807, 2.05) is 6.92 Å². The Morgan fingerprint density at radius 2 is 2.29 bits per heavy atom. The summed E-state index contributed by atoms with van der Waals surface area (Å²) in [4.78, 5) is 0. The third kappa shape index (κ3) is 1.66. The van der Waals surface area contributed by atoms with E-state index in [9.17, 15) is 0 Å². The van der Waals surface area contributed by atoms with Gasteiger partial charge in [0, 0.05) is 10.8 Å². The maximum absolute atomic E-state index is 5.60. The maximum Gasteiger partial charge on any atom is 0.197 e. The molecule has 14 heavy (non-hydrogen) atoms. The molecule has 0 bridgehead atoms. The van der Waals surface area contributed by atoms with Crippen molar-refractivity contribution in [1.29, 1.82) is 0 Å². The summed E-state index contributed by atoms with van der Waals surface area (Å²) in [5.41, 5.74) is 1.28. The summed E-state index contributed by atoms with van der Waals surface area (Å²) < 4.78 is 11.1. The molecule has 78 valence electrons. The molecule has 2 aliphatic rings. The standard InChI is InChI=1S/C11H16O2S/c1-7-9-6-12-8(2)13-10(9)4-5-11(7)14-3/h4-5,7-8,11,14H,3,6H2,1-2H3. The van der Waals surface area contributed by atoms with Crippen molar-refractivity contribution in [3.8, 4) is 0 Å². The third-order valence-corrected chi connectivity index (χ3v) is 3.84. The Morgan fingerprint density at radius 3 is 3.00 bits per heavy atom. The Morgan fingerprint density at radius 1 is 1.50 bits per heavy atom. The fourth-order valence-corrected chi connectivity index (χ4v) is 2.55. The molecule has 0 saturated carbocycles. The molecule has 2 rings (SSSR count). The lowest BCUT2D eigenvalue weighted by atomic mass is 9.92. The summed E-state index contributed by atoms with van der Waals surface area (Å²) in [5, 5.41) is 0.509. The van der Waals surface area contributed by atoms with Crippen molar-refractivity contribution in [2.75, 3.05) is 6.61 Å². The lowest BCUT2D eigenvalue weighted by molar-refractivity contribution is -0.114. The zero-order chi connectivity index (χ0) is 10.1. The predicted molar refractivity (Wildman–Crippen MR) is 61.7 cm³/mol. The summed E-state index contributed by atoms with van der Waals surface area (Å²) in [7, 11) is 0. The highest BCUT2D eigenvalue weighted by Gasteiger charge is 2.28. The highest BCUT2D eigenvalue weighted by atomic mass is 32.1. The highest BCUT2D eigenvalue weighted by molar-refractivity contribution is 7.97. The molecule has 0 spiro atoms. The lowest BCUT2D eigenvalue weighted by Crippen LogP contribution is -2.29. The first-order valence-corrected chi connectivity index (χ1v) is 6.02. The summed E-state index contributed by atoms with van der Waals surface area (Å²) in [6.45, 7) is 4.84. The van der Waals surface area contributed by atoms with Crippen LogP contribution in [0.4, 0.5) is 0 Å². The molecule has 0 N–H and O–H groups in total. The fourth-order valence-electron chi connectivity index (χ4n) is 1.85. The van der Waals surface area contributed by atoms with Crippen molar-refractivity contribution in [2.45, 2.75) is 25.4 Å². The maximum atomic E-state index is 5.60. The van der Waals surface area contributed by atoms with Gasteiger partial charge < -0.3 is 9.47 Å². The molecule has 0 aromatic carbocycles. The largest absolute Gasteiger partial charge is 0.465 e. The zero-order valence-electron chi connectivity index (χ0n) is 8.56. The molecule has 3 heteroatoms. The van der Waals surface area contributed by atoms with E-state index in [-0.39, 0.29) is 6.29 Å². The van der Waals surface area contributed by atoms with Crippen molar-refractivity contribution in [2.24, 2.45) is 5.92 Å². The molecule has 3 unspecified atom stereocenters. The molecule has 0 fully saturated rings. The van der Waals surface area contributed by atoms with Crippen LogP contribution in [0.2, 0.25) is 0 Å². The number of thiol groups is 1. The van der Waals surface area contributed by atoms with Crippen LogP contribution in [0.15, 0.2) is 23.5 Å². The number of ether oxygens (including phenoxy) is 2. The first-order chi connectivity index (χ1) is 6.72. The normalized spacial score (nSPS) is 36.6. The van der Waals surface area contributed by atoms with Gasteiger partial charge in [0.15, 0.2) is 6.29 Å². The SMILES string of the molecule is C=[SH]C1C=CC2=C(COC(C)O2)C1C. The molecule has 0 amide bonds. The average molecular weight is 212 g/mol. The molecule has 2 nitrogen and oxygen atoms in total. The van der Waals surface area contributed by atoms with Gasteiger partial charge in [-0.15, -0.1) is 0 Å². The van der Waals surface area contributed by atoms with Gasteiger partial charge in [-0.1, -0.05) is 18.9 Å². The third-order valence-electron chi connectivity index (χ3n) is 2.80. The quantitative estimate of drug-likeness (QED) is 0.530. The van der Waals surface area contributed by atoms with Crippen LogP contribution in [0.5, 0.6) is 0 Å². The molecule has 1 heterocycles. The van der Waals surface area contributed by atoms with Gasteiger partial charge >= 0.3 is 0 Å². The van der Waals surface area contributed by atoms with E-state index in [1.54, 1.807) is 0 Å². The Balaban J connectivity index is 2.25. The minimum absolute atomic E-state index is 0.112. The van der Waals surface area contributed by atoms with Gasteiger partial charge in [0.1, 0.15) is 5.76 Å². The van der Waals surface area contributed by atoms with E-state index in [1.165, 1.54) is 16.9 Å². The van der Waals surface area contributed by atoms with E-state index in [2.05, 4.69) is 24.9 Å². The topological polar surface area (TPSA) is 18.5 Å². The Kier molecular flexibility index (Phi) is 2.79. The highest BCUT2D eigenvalue weighted by Crippen LogP contribution is 2.33. The van der Waals surface area contributed by atoms with E-state index < -0.39 is 0 Å². The second-order valence-electron chi connectivity index (χ2n) is 3.71. The van der Waals surface area contributed by atoms with E-state index in [0.29, 0.717) is 17.8 Å². The second-order valence-corrected chi connectivity index (χ2v) is 4.67. The lowest BCUT2D eigenvalue weighted by Gasteiger charge is -2.33. The average Bonchev–Trinajstić information content (AvgIpc) is 2.18. The number of hydrogen-bond acceptors (Lipinski definition) is 2. The van der Waals surface area contributed by atoms with Crippen molar-refractivity contribution >= 4 is 17.2 Å². The summed E-state index contributed by atoms with van der Waals surface area (Å²) in [6.07, 6.45) is 4.15. The van der Waals surface area contributed by atoms with Crippen LogP contribution >= 0.6 is 11.4 Å². The number of hydrogen-bond donors (Lipinski definition) is 1. The first-order valence-electron chi connectivity index (χ1n) is 4.87. The van der Waals surface area contributed by atoms with Crippen LogP contribution < -0.4 is 0 Å². The van der Waals surface area contributed by atoms with Gasteiger partial charge in [-0.2, -0.15) is 0 Å². The van der Waals surface area contributed by atoms with Gasteiger partial charge in [0.2, 0.25) is 0 Å². The molecular weight excluding hydrogens is 196 g/mol. The minimum atomic E-state index is -0.112. The number of allylic oxidation sites excluding steroid dienone is 1. The molecule has 1 aliphatic heterocycles. The van der Waals surface area contributed by atoms with Crippen LogP contribution in [0.1, 0.15) is 13.8 Å². The summed E-state index contributed by atoms with van der Waals surface area (Å²) >= 11 is 1.17. The summed E-state index contributed by atoms with van der Waals surface area (Å²) in [6, 6.07) is 0. The van der Waals surface area contributed by atoms with Crippen LogP contribution in [0.3, 0.4) is 0 Å². The predicted octanol–water partition coefficient (Wildman–Crippen LogP) is 2.11. The van der Waals surface area contributed by atoms with Gasteiger partial charge in [0.25, 0.3) is 0 Å². The van der Waals surface area contributed by atoms with Crippen molar-refractivity contribution in [3.63, 3.8) is 0 Å². The Hall–Kier alpha value is -0.540. The van der Waals surface area contributed by atoms with Gasteiger partial charge in [0.05, 0.1) is 6.61 Å². The van der Waals surface area contributed by atoms with Crippen LogP contribution in [-0.2, 0) is 9.47 Å². The second kappa shape index (κ2) is 3.91. The molecule has 0 radical (unpaired) electrons. The molecular formula is C11H16O2S. The van der Waals surface area contributed by atoms with E-state index >= 15 is 0 Å². The van der Waals surface area contributed by atoms with Gasteiger partial charge in [-0.25, -0.2) is 11.4 Å². The van der Waals surface area contributed by atoms with Crippen molar-refractivity contribution in [3.05, 3.63) is 23.5 Å². The zero-order valence-corrected chi connectivity index (χ0v) is 9.46.